The highest BCUT2D eigenvalue weighted by atomic mass is 35.5. The largest absolute Gasteiger partial charge is 0.409 e. The van der Waals surface area contributed by atoms with Crippen LogP contribution in [0.25, 0.3) is 11.5 Å². The van der Waals surface area contributed by atoms with Gasteiger partial charge in [-0.05, 0) is 37.2 Å². The quantitative estimate of drug-likeness (QED) is 0.840. The van der Waals surface area contributed by atoms with Crippen molar-refractivity contribution in [3.8, 4) is 11.5 Å². The molecule has 3 rings (SSSR count). The molecule has 5 nitrogen and oxygen atoms in total. The third kappa shape index (κ3) is 3.35. The Bertz CT molecular complexity index is 685. The Morgan fingerprint density at radius 2 is 2.29 bits per heavy atom. The van der Waals surface area contributed by atoms with E-state index in [0.717, 1.165) is 31.5 Å². The number of hydrogen-bond acceptors (Lipinski definition) is 4. The number of piperidine rings is 1. The van der Waals surface area contributed by atoms with Crippen molar-refractivity contribution in [1.82, 2.24) is 9.78 Å². The van der Waals surface area contributed by atoms with Gasteiger partial charge in [-0.15, -0.1) is 5.10 Å². The van der Waals surface area contributed by atoms with Crippen LogP contribution in [0.3, 0.4) is 0 Å². The van der Waals surface area contributed by atoms with Crippen molar-refractivity contribution in [3.05, 3.63) is 34.1 Å². The van der Waals surface area contributed by atoms with Gasteiger partial charge in [0.2, 0.25) is 5.89 Å². The predicted molar refractivity (Wildman–Crippen MR) is 81.7 cm³/mol. The normalized spacial score (nSPS) is 22.4. The molecular weight excluding hydrogens is 310 g/mol. The summed E-state index contributed by atoms with van der Waals surface area (Å²) in [5.41, 5.74) is 0.734. The minimum absolute atomic E-state index is 0.238. The number of nitrogens with one attached hydrogen (secondary N) is 1. The lowest BCUT2D eigenvalue weighted by Gasteiger charge is -2.26. The summed E-state index contributed by atoms with van der Waals surface area (Å²) in [4.78, 5) is 1.58. The highest BCUT2D eigenvalue weighted by Gasteiger charge is 2.22. The van der Waals surface area contributed by atoms with Crippen LogP contribution < -0.4 is 4.90 Å². The SMILES string of the molecule is O[C@@H]1CCC[NH+](Cn2nc(-c3ccccc3Cl)oc2=S)C1. The van der Waals surface area contributed by atoms with Crippen LogP contribution in [0.4, 0.5) is 0 Å². The smallest absolute Gasteiger partial charge is 0.292 e. The van der Waals surface area contributed by atoms with Crippen molar-refractivity contribution in [1.29, 1.82) is 0 Å². The minimum Gasteiger partial charge on any atom is -0.409 e. The van der Waals surface area contributed by atoms with E-state index in [-0.39, 0.29) is 6.10 Å². The zero-order valence-corrected chi connectivity index (χ0v) is 13.0. The molecule has 2 atom stereocenters. The topological polar surface area (TPSA) is 55.6 Å². The first-order chi connectivity index (χ1) is 10.1. The summed E-state index contributed by atoms with van der Waals surface area (Å²) in [5, 5.41) is 14.7. The molecule has 1 aromatic heterocycles. The molecule has 7 heteroatoms. The predicted octanol–water partition coefficient (Wildman–Crippen LogP) is 1.52. The van der Waals surface area contributed by atoms with E-state index in [1.165, 1.54) is 4.90 Å². The summed E-state index contributed by atoms with van der Waals surface area (Å²) in [6, 6.07) is 7.38. The number of aliphatic hydroxyl groups excluding tert-OH is 1. The number of rotatable bonds is 3. The minimum atomic E-state index is -0.238. The van der Waals surface area contributed by atoms with E-state index < -0.39 is 0 Å². The van der Waals surface area contributed by atoms with Crippen LogP contribution in [0.5, 0.6) is 0 Å². The number of aliphatic hydroxyl groups is 1. The molecule has 0 saturated carbocycles. The average Bonchev–Trinajstić information content (AvgIpc) is 2.80. The lowest BCUT2D eigenvalue weighted by Crippen LogP contribution is -3.13. The number of halogens is 1. The van der Waals surface area contributed by atoms with Gasteiger partial charge in [-0.25, -0.2) is 0 Å². The molecule has 1 aliphatic rings. The fraction of sp³-hybridized carbons (Fsp3) is 0.429. The standard InChI is InChI=1S/C14H16ClN3O2S/c15-12-6-2-1-5-11(12)13-16-18(14(21)20-13)9-17-7-3-4-10(19)8-17/h1-2,5-6,10,19H,3-4,7-9H2/p+1/t10-/m1/s1. The van der Waals surface area contributed by atoms with Crippen molar-refractivity contribution in [2.45, 2.75) is 25.6 Å². The summed E-state index contributed by atoms with van der Waals surface area (Å²) in [6.07, 6.45) is 1.65. The number of quaternary nitrogens is 1. The van der Waals surface area contributed by atoms with Gasteiger partial charge < -0.3 is 14.4 Å². The molecule has 112 valence electrons. The first-order valence-corrected chi connectivity index (χ1v) is 7.76. The molecule has 0 bridgehead atoms. The molecule has 21 heavy (non-hydrogen) atoms. The molecule has 0 amide bonds. The Hall–Kier alpha value is -1.21. The number of aromatic nitrogens is 2. The Labute approximate surface area is 132 Å². The molecule has 1 aliphatic heterocycles. The van der Waals surface area contributed by atoms with Gasteiger partial charge in [-0.1, -0.05) is 23.7 Å². The van der Waals surface area contributed by atoms with Crippen molar-refractivity contribution >= 4 is 23.8 Å². The molecule has 0 spiro atoms. The maximum Gasteiger partial charge on any atom is 0.292 e. The number of hydrogen-bond donors (Lipinski definition) is 2. The monoisotopic (exact) mass is 326 g/mol. The van der Waals surface area contributed by atoms with Crippen molar-refractivity contribution < 1.29 is 14.4 Å². The Balaban J connectivity index is 1.82. The molecule has 1 fully saturated rings. The van der Waals surface area contributed by atoms with E-state index >= 15 is 0 Å². The van der Waals surface area contributed by atoms with Gasteiger partial charge in [0.05, 0.1) is 17.1 Å². The fourth-order valence-electron chi connectivity index (χ4n) is 2.63. The highest BCUT2D eigenvalue weighted by molar-refractivity contribution is 7.71. The molecule has 1 aromatic carbocycles. The van der Waals surface area contributed by atoms with Crippen LogP contribution in [-0.4, -0.2) is 34.1 Å². The zero-order valence-electron chi connectivity index (χ0n) is 11.5. The van der Waals surface area contributed by atoms with Gasteiger partial charge in [0.15, 0.2) is 6.67 Å². The Kier molecular flexibility index (Phi) is 4.40. The third-order valence-electron chi connectivity index (χ3n) is 3.68. The molecule has 2 aromatic rings. The molecule has 2 N–H and O–H groups in total. The highest BCUT2D eigenvalue weighted by Crippen LogP contribution is 2.26. The fourth-order valence-corrected chi connectivity index (χ4v) is 3.03. The van der Waals surface area contributed by atoms with Gasteiger partial charge >= 0.3 is 0 Å². The summed E-state index contributed by atoms with van der Waals surface area (Å²) in [5.74, 6) is 0.433. The van der Waals surface area contributed by atoms with Gasteiger partial charge in [0.1, 0.15) is 12.6 Å². The van der Waals surface area contributed by atoms with Crippen molar-refractivity contribution in [3.63, 3.8) is 0 Å². The van der Waals surface area contributed by atoms with Crippen molar-refractivity contribution in [2.24, 2.45) is 0 Å². The molecule has 1 saturated heterocycles. The Morgan fingerprint density at radius 1 is 1.48 bits per heavy atom. The molecule has 0 radical (unpaired) electrons. The second-order valence-corrected chi connectivity index (χ2v) is 6.07. The van der Waals surface area contributed by atoms with E-state index in [0.29, 0.717) is 22.4 Å². The molecule has 0 aliphatic carbocycles. The number of nitrogens with zero attached hydrogens (tertiary/aromatic N) is 2. The Morgan fingerprint density at radius 3 is 3.05 bits per heavy atom. The second kappa shape index (κ2) is 6.27. The van der Waals surface area contributed by atoms with E-state index in [9.17, 15) is 5.11 Å². The summed E-state index contributed by atoms with van der Waals surface area (Å²) >= 11 is 11.4. The first kappa shape index (κ1) is 14.7. The van der Waals surface area contributed by atoms with E-state index in [1.54, 1.807) is 10.7 Å². The van der Waals surface area contributed by atoms with Crippen LogP contribution >= 0.6 is 23.8 Å². The van der Waals surface area contributed by atoms with Crippen LogP contribution in [-0.2, 0) is 6.67 Å². The van der Waals surface area contributed by atoms with Crippen LogP contribution in [0.15, 0.2) is 28.7 Å². The second-order valence-electron chi connectivity index (χ2n) is 5.31. The summed E-state index contributed by atoms with van der Waals surface area (Å²) in [7, 11) is 0. The van der Waals surface area contributed by atoms with E-state index in [4.69, 9.17) is 28.2 Å². The van der Waals surface area contributed by atoms with E-state index in [2.05, 4.69) is 5.10 Å². The maximum absolute atomic E-state index is 9.73. The van der Waals surface area contributed by atoms with Crippen LogP contribution in [0.2, 0.25) is 5.02 Å². The van der Waals surface area contributed by atoms with Crippen molar-refractivity contribution in [2.75, 3.05) is 13.1 Å². The lowest BCUT2D eigenvalue weighted by molar-refractivity contribution is -0.931. The maximum atomic E-state index is 9.73. The molecular formula is C14H17ClN3O2S+. The summed E-state index contributed by atoms with van der Waals surface area (Å²) < 4.78 is 7.22. The van der Waals surface area contributed by atoms with Gasteiger partial charge in [-0.3, -0.25) is 0 Å². The average molecular weight is 327 g/mol. The van der Waals surface area contributed by atoms with Gasteiger partial charge in [0, 0.05) is 0 Å². The van der Waals surface area contributed by atoms with E-state index in [1.807, 2.05) is 18.2 Å². The molecule has 1 unspecified atom stereocenters. The van der Waals surface area contributed by atoms with Gasteiger partial charge in [-0.2, -0.15) is 4.68 Å². The van der Waals surface area contributed by atoms with Crippen LogP contribution in [0, 0.1) is 4.84 Å². The first-order valence-electron chi connectivity index (χ1n) is 6.98. The molecule has 2 heterocycles. The zero-order chi connectivity index (χ0) is 14.8. The van der Waals surface area contributed by atoms with Gasteiger partial charge in [0.25, 0.3) is 4.84 Å². The van der Waals surface area contributed by atoms with Crippen LogP contribution in [0.1, 0.15) is 12.8 Å². The number of benzene rings is 1. The lowest BCUT2D eigenvalue weighted by atomic mass is 10.1. The summed E-state index contributed by atoms with van der Waals surface area (Å²) in [6.45, 7) is 2.33. The third-order valence-corrected chi connectivity index (χ3v) is 4.30. The number of likely N-dealkylation sites (tertiary alicyclic amines) is 1.